The van der Waals surface area contributed by atoms with E-state index in [1.54, 1.807) is 14.2 Å². The van der Waals surface area contributed by atoms with E-state index in [0.29, 0.717) is 30.9 Å². The van der Waals surface area contributed by atoms with E-state index >= 15 is 0 Å². The van der Waals surface area contributed by atoms with Crippen molar-refractivity contribution in [3.8, 4) is 11.5 Å². The lowest BCUT2D eigenvalue weighted by atomic mass is 10.1. The Balaban J connectivity index is 1.37. The normalized spacial score (nSPS) is 11.0. The van der Waals surface area contributed by atoms with Crippen molar-refractivity contribution in [2.45, 2.75) is 39.7 Å². The van der Waals surface area contributed by atoms with Gasteiger partial charge in [-0.25, -0.2) is 0 Å². The molecular weight excluding hydrogens is 436 g/mol. The highest BCUT2D eigenvalue weighted by Gasteiger charge is 2.12. The summed E-state index contributed by atoms with van der Waals surface area (Å²) in [4.78, 5) is 12.6. The lowest BCUT2D eigenvalue weighted by molar-refractivity contribution is -0.121. The van der Waals surface area contributed by atoms with Crippen molar-refractivity contribution in [3.05, 3.63) is 94.7 Å². The van der Waals surface area contributed by atoms with Crippen molar-refractivity contribution in [3.63, 3.8) is 0 Å². The van der Waals surface area contributed by atoms with Crippen LogP contribution in [0.25, 0.3) is 10.9 Å². The third kappa shape index (κ3) is 5.86. The van der Waals surface area contributed by atoms with E-state index in [9.17, 15) is 4.79 Å². The van der Waals surface area contributed by atoms with Gasteiger partial charge in [-0.3, -0.25) is 4.79 Å². The number of aryl methyl sites for hydroxylation is 3. The minimum Gasteiger partial charge on any atom is -0.493 e. The summed E-state index contributed by atoms with van der Waals surface area (Å²) in [5, 5.41) is 4.28. The van der Waals surface area contributed by atoms with Crippen LogP contribution in [-0.4, -0.2) is 31.2 Å². The number of aromatic nitrogens is 1. The maximum atomic E-state index is 12.6. The van der Waals surface area contributed by atoms with E-state index in [1.807, 2.05) is 18.2 Å². The quantitative estimate of drug-likeness (QED) is 0.328. The number of nitrogens with zero attached hydrogens (tertiary/aromatic N) is 1. The molecule has 0 radical (unpaired) electrons. The predicted octanol–water partition coefficient (Wildman–Crippen LogP) is 5.62. The number of nitrogens with one attached hydrogen (secondary N) is 1. The number of para-hydroxylation sites is 1. The van der Waals surface area contributed by atoms with E-state index in [-0.39, 0.29) is 5.91 Å². The SMILES string of the molecule is COc1ccc(CCNC(=O)CCc2cn(Cc3cc(C)ccc3C)c3ccccc23)cc1OC. The van der Waals surface area contributed by atoms with Crippen LogP contribution < -0.4 is 14.8 Å². The highest BCUT2D eigenvalue weighted by atomic mass is 16.5. The molecule has 1 aromatic heterocycles. The summed E-state index contributed by atoms with van der Waals surface area (Å²) in [6.07, 6.45) is 4.12. The van der Waals surface area contributed by atoms with Crippen LogP contribution in [0.5, 0.6) is 11.5 Å². The number of fused-ring (bicyclic) bond motifs is 1. The van der Waals surface area contributed by atoms with Gasteiger partial charge in [-0.1, -0.05) is 48.0 Å². The molecule has 3 aromatic carbocycles. The summed E-state index contributed by atoms with van der Waals surface area (Å²) in [5.41, 5.74) is 7.40. The van der Waals surface area contributed by atoms with Crippen LogP contribution in [0, 0.1) is 13.8 Å². The lowest BCUT2D eigenvalue weighted by Gasteiger charge is -2.10. The molecule has 0 aliphatic rings. The molecule has 0 bridgehead atoms. The monoisotopic (exact) mass is 470 g/mol. The molecule has 182 valence electrons. The molecule has 4 rings (SSSR count). The van der Waals surface area contributed by atoms with Gasteiger partial charge in [0.1, 0.15) is 0 Å². The summed E-state index contributed by atoms with van der Waals surface area (Å²) < 4.78 is 13.0. The van der Waals surface area contributed by atoms with Crippen LogP contribution in [0.4, 0.5) is 0 Å². The average Bonchev–Trinajstić information content (AvgIpc) is 3.22. The zero-order chi connectivity index (χ0) is 24.8. The number of amides is 1. The maximum absolute atomic E-state index is 12.6. The summed E-state index contributed by atoms with van der Waals surface area (Å²) in [6, 6.07) is 20.9. The van der Waals surface area contributed by atoms with Crippen LogP contribution in [0.15, 0.2) is 66.9 Å². The Kier molecular flexibility index (Phi) is 7.76. The average molecular weight is 471 g/mol. The van der Waals surface area contributed by atoms with Gasteiger partial charge in [0, 0.05) is 36.6 Å². The number of rotatable bonds is 10. The van der Waals surface area contributed by atoms with E-state index in [4.69, 9.17) is 9.47 Å². The zero-order valence-corrected chi connectivity index (χ0v) is 21.1. The molecule has 0 aliphatic carbocycles. The molecule has 4 aromatic rings. The van der Waals surface area contributed by atoms with Crippen LogP contribution >= 0.6 is 0 Å². The maximum Gasteiger partial charge on any atom is 0.220 e. The van der Waals surface area contributed by atoms with Crippen molar-refractivity contribution in [2.24, 2.45) is 0 Å². The van der Waals surface area contributed by atoms with Crippen LogP contribution in [0.1, 0.15) is 34.2 Å². The molecular formula is C30H34N2O3. The van der Waals surface area contributed by atoms with Crippen molar-refractivity contribution < 1.29 is 14.3 Å². The first-order valence-corrected chi connectivity index (χ1v) is 12.1. The zero-order valence-electron chi connectivity index (χ0n) is 21.1. The molecule has 5 heteroatoms. The number of carbonyl (C=O) groups is 1. The van der Waals surface area contributed by atoms with Gasteiger partial charge in [-0.05, 0) is 67.1 Å². The molecule has 1 heterocycles. The Morgan fingerprint density at radius 2 is 1.69 bits per heavy atom. The molecule has 5 nitrogen and oxygen atoms in total. The number of carbonyl (C=O) groups excluding carboxylic acids is 1. The van der Waals surface area contributed by atoms with Gasteiger partial charge < -0.3 is 19.4 Å². The van der Waals surface area contributed by atoms with Gasteiger partial charge in [0.15, 0.2) is 11.5 Å². The number of benzene rings is 3. The minimum atomic E-state index is 0.0665. The third-order valence-corrected chi connectivity index (χ3v) is 6.52. The lowest BCUT2D eigenvalue weighted by Crippen LogP contribution is -2.25. The highest BCUT2D eigenvalue weighted by Crippen LogP contribution is 2.28. The number of hydrogen-bond acceptors (Lipinski definition) is 3. The topological polar surface area (TPSA) is 52.5 Å². The Hall–Kier alpha value is -3.73. The Labute approximate surface area is 207 Å². The fourth-order valence-corrected chi connectivity index (χ4v) is 4.53. The van der Waals surface area contributed by atoms with E-state index < -0.39 is 0 Å². The van der Waals surface area contributed by atoms with Gasteiger partial charge in [0.05, 0.1) is 14.2 Å². The Morgan fingerprint density at radius 3 is 2.49 bits per heavy atom. The largest absolute Gasteiger partial charge is 0.493 e. The van der Waals surface area contributed by atoms with Gasteiger partial charge >= 0.3 is 0 Å². The van der Waals surface area contributed by atoms with Crippen LogP contribution in [0.2, 0.25) is 0 Å². The molecule has 0 saturated carbocycles. The number of ether oxygens (including phenoxy) is 2. The third-order valence-electron chi connectivity index (χ3n) is 6.52. The minimum absolute atomic E-state index is 0.0665. The first kappa shape index (κ1) is 24.4. The standard InChI is InChI=1S/C30H34N2O3/c1-21-9-10-22(2)25(17-21)20-32-19-24(26-7-5-6-8-27(26)32)12-14-30(33)31-16-15-23-11-13-28(34-3)29(18-23)35-4/h5-11,13,17-19H,12,14-16,20H2,1-4H3,(H,31,33). The molecule has 1 amide bonds. The first-order valence-electron chi connectivity index (χ1n) is 12.1. The molecule has 35 heavy (non-hydrogen) atoms. The van der Waals surface area contributed by atoms with Crippen LogP contribution in [0.3, 0.4) is 0 Å². The smallest absolute Gasteiger partial charge is 0.220 e. The van der Waals surface area contributed by atoms with Crippen molar-refractivity contribution in [1.82, 2.24) is 9.88 Å². The van der Waals surface area contributed by atoms with Gasteiger partial charge in [0.2, 0.25) is 5.91 Å². The van der Waals surface area contributed by atoms with E-state index in [1.165, 1.54) is 33.2 Å². The summed E-state index contributed by atoms with van der Waals surface area (Å²) in [5.74, 6) is 1.47. The highest BCUT2D eigenvalue weighted by molar-refractivity contribution is 5.85. The number of hydrogen-bond donors (Lipinski definition) is 1. The molecule has 0 fully saturated rings. The van der Waals surface area contributed by atoms with Crippen molar-refractivity contribution in [1.29, 1.82) is 0 Å². The molecule has 0 saturated heterocycles. The summed E-state index contributed by atoms with van der Waals surface area (Å²) in [7, 11) is 3.25. The second kappa shape index (κ2) is 11.1. The molecule has 0 unspecified atom stereocenters. The van der Waals surface area contributed by atoms with Gasteiger partial charge in [0.25, 0.3) is 0 Å². The van der Waals surface area contributed by atoms with Crippen LogP contribution in [-0.2, 0) is 24.2 Å². The molecule has 0 spiro atoms. The first-order chi connectivity index (χ1) is 17.0. The predicted molar refractivity (Wildman–Crippen MR) is 142 cm³/mol. The Morgan fingerprint density at radius 1 is 0.886 bits per heavy atom. The molecule has 1 N–H and O–H groups in total. The fraction of sp³-hybridized carbons (Fsp3) is 0.300. The van der Waals surface area contributed by atoms with E-state index in [0.717, 1.165) is 18.5 Å². The van der Waals surface area contributed by atoms with E-state index in [2.05, 4.69) is 72.4 Å². The second-order valence-corrected chi connectivity index (χ2v) is 9.02. The summed E-state index contributed by atoms with van der Waals surface area (Å²) >= 11 is 0. The summed E-state index contributed by atoms with van der Waals surface area (Å²) in [6.45, 7) is 5.70. The van der Waals surface area contributed by atoms with Gasteiger partial charge in [-0.2, -0.15) is 0 Å². The van der Waals surface area contributed by atoms with Crippen molar-refractivity contribution >= 4 is 16.8 Å². The van der Waals surface area contributed by atoms with Crippen molar-refractivity contribution in [2.75, 3.05) is 20.8 Å². The molecule has 0 aliphatic heterocycles. The molecule has 0 atom stereocenters. The van der Waals surface area contributed by atoms with Gasteiger partial charge in [-0.15, -0.1) is 0 Å². The second-order valence-electron chi connectivity index (χ2n) is 9.02. The Bertz CT molecular complexity index is 1320. The number of methoxy groups -OCH3 is 2. The fourth-order valence-electron chi connectivity index (χ4n) is 4.53.